The Labute approximate surface area is 151 Å². The van der Waals surface area contributed by atoms with E-state index < -0.39 is 0 Å². The monoisotopic (exact) mass is 349 g/mol. The number of nitrogens with zero attached hydrogens (tertiary/aromatic N) is 2. The molecular formula is C19H19N5O2. The number of hydrogen-bond acceptors (Lipinski definition) is 6. The molecule has 7 heteroatoms. The molecule has 1 aromatic heterocycles. The SMILES string of the molecule is N#Cc1ccc2[nH]cc(CCNCCOC3=CC4=CNON4C=C3)c2c1. The molecule has 0 fully saturated rings. The normalized spacial score (nSPS) is 15.3. The topological polar surface area (TPSA) is 85.3 Å². The Morgan fingerprint density at radius 1 is 1.31 bits per heavy atom. The molecule has 7 nitrogen and oxygen atoms in total. The summed E-state index contributed by atoms with van der Waals surface area (Å²) in [5.41, 5.74) is 6.55. The summed E-state index contributed by atoms with van der Waals surface area (Å²) in [5, 5.41) is 15.2. The standard InChI is InChI=1S/C19H19N5O2/c20-11-14-1-2-19-18(9-14)15(12-22-19)3-5-21-6-8-25-17-4-7-24-16(10-17)13-23-26-24/h1-2,4,7,9-10,12-13,21-23H,3,5-6,8H2. The summed E-state index contributed by atoms with van der Waals surface area (Å²) < 4.78 is 5.75. The van der Waals surface area contributed by atoms with Crippen molar-refractivity contribution in [3.8, 4) is 6.07 Å². The minimum atomic E-state index is 0.588. The molecule has 0 amide bonds. The molecule has 2 aromatic rings. The van der Waals surface area contributed by atoms with Crippen molar-refractivity contribution in [2.45, 2.75) is 6.42 Å². The second kappa shape index (κ2) is 7.35. The molecule has 2 aliphatic heterocycles. The van der Waals surface area contributed by atoms with Crippen LogP contribution in [0.1, 0.15) is 11.1 Å². The van der Waals surface area contributed by atoms with E-state index >= 15 is 0 Å². The van der Waals surface area contributed by atoms with Gasteiger partial charge < -0.3 is 15.0 Å². The van der Waals surface area contributed by atoms with Crippen molar-refractivity contribution in [2.75, 3.05) is 19.7 Å². The van der Waals surface area contributed by atoms with Gasteiger partial charge in [-0.15, -0.1) is 0 Å². The number of ether oxygens (including phenoxy) is 1. The maximum Gasteiger partial charge on any atom is 0.123 e. The summed E-state index contributed by atoms with van der Waals surface area (Å²) in [6.07, 6.45) is 10.3. The largest absolute Gasteiger partial charge is 0.492 e. The third kappa shape index (κ3) is 3.42. The molecular weight excluding hydrogens is 330 g/mol. The van der Waals surface area contributed by atoms with E-state index in [0.717, 1.165) is 41.9 Å². The van der Waals surface area contributed by atoms with Crippen LogP contribution >= 0.6 is 0 Å². The van der Waals surface area contributed by atoms with Crippen LogP contribution in [-0.4, -0.2) is 29.7 Å². The van der Waals surface area contributed by atoms with Crippen molar-refractivity contribution in [1.29, 1.82) is 5.26 Å². The second-order valence-corrected chi connectivity index (χ2v) is 6.00. The Hall–Kier alpha value is -3.21. The lowest BCUT2D eigenvalue weighted by Crippen LogP contribution is -2.22. The molecule has 26 heavy (non-hydrogen) atoms. The number of H-pyrrole nitrogens is 1. The number of nitrogens with one attached hydrogen (secondary N) is 3. The number of nitriles is 1. The fraction of sp³-hybridized carbons (Fsp3) is 0.211. The van der Waals surface area contributed by atoms with Gasteiger partial charge in [-0.3, -0.25) is 0 Å². The summed E-state index contributed by atoms with van der Waals surface area (Å²) in [6, 6.07) is 7.90. The number of aromatic amines is 1. The van der Waals surface area contributed by atoms with Crippen LogP contribution in [0.25, 0.3) is 10.9 Å². The van der Waals surface area contributed by atoms with Crippen LogP contribution in [0.15, 0.2) is 60.4 Å². The van der Waals surface area contributed by atoms with Crippen LogP contribution in [0.4, 0.5) is 0 Å². The maximum atomic E-state index is 9.04. The van der Waals surface area contributed by atoms with E-state index in [4.69, 9.17) is 14.9 Å². The third-order valence-electron chi connectivity index (χ3n) is 4.29. The van der Waals surface area contributed by atoms with Gasteiger partial charge in [-0.1, -0.05) is 0 Å². The highest BCUT2D eigenvalue weighted by Gasteiger charge is 2.16. The van der Waals surface area contributed by atoms with Crippen LogP contribution in [0.5, 0.6) is 0 Å². The predicted octanol–water partition coefficient (Wildman–Crippen LogP) is 2.19. The van der Waals surface area contributed by atoms with Gasteiger partial charge in [0.15, 0.2) is 0 Å². The van der Waals surface area contributed by atoms with Crippen molar-refractivity contribution >= 4 is 10.9 Å². The Balaban J connectivity index is 1.21. The molecule has 132 valence electrons. The number of benzene rings is 1. The zero-order valence-electron chi connectivity index (χ0n) is 14.2. The minimum absolute atomic E-state index is 0.588. The van der Waals surface area contributed by atoms with Crippen molar-refractivity contribution in [3.63, 3.8) is 0 Å². The Bertz CT molecular complexity index is 935. The molecule has 0 saturated heterocycles. The highest BCUT2D eigenvalue weighted by molar-refractivity contribution is 5.84. The molecule has 0 atom stereocenters. The lowest BCUT2D eigenvalue weighted by molar-refractivity contribution is -0.113. The van der Waals surface area contributed by atoms with E-state index in [2.05, 4.69) is 21.9 Å². The minimum Gasteiger partial charge on any atom is -0.492 e. The zero-order chi connectivity index (χ0) is 17.8. The lowest BCUT2D eigenvalue weighted by atomic mass is 10.1. The van der Waals surface area contributed by atoms with E-state index in [1.54, 1.807) is 17.5 Å². The predicted molar refractivity (Wildman–Crippen MR) is 96.9 cm³/mol. The number of rotatable bonds is 7. The van der Waals surface area contributed by atoms with E-state index in [9.17, 15) is 0 Å². The summed E-state index contributed by atoms with van der Waals surface area (Å²) in [6.45, 7) is 2.19. The molecule has 0 saturated carbocycles. The Morgan fingerprint density at radius 2 is 2.27 bits per heavy atom. The molecule has 0 bridgehead atoms. The molecule has 3 N–H and O–H groups in total. The average Bonchev–Trinajstić information content (AvgIpc) is 3.30. The van der Waals surface area contributed by atoms with Crippen molar-refractivity contribution in [1.82, 2.24) is 20.8 Å². The van der Waals surface area contributed by atoms with E-state index in [0.29, 0.717) is 12.2 Å². The molecule has 3 heterocycles. The Morgan fingerprint density at radius 3 is 3.19 bits per heavy atom. The molecule has 0 radical (unpaired) electrons. The van der Waals surface area contributed by atoms with Crippen LogP contribution in [0.3, 0.4) is 0 Å². The lowest BCUT2D eigenvalue weighted by Gasteiger charge is -2.17. The van der Waals surface area contributed by atoms with Crippen molar-refractivity contribution in [3.05, 3.63) is 71.5 Å². The molecule has 0 aliphatic carbocycles. The first-order chi connectivity index (χ1) is 12.8. The summed E-state index contributed by atoms with van der Waals surface area (Å²) in [5.74, 6) is 0.808. The molecule has 1 aromatic carbocycles. The second-order valence-electron chi connectivity index (χ2n) is 6.00. The third-order valence-corrected chi connectivity index (χ3v) is 4.29. The van der Waals surface area contributed by atoms with Gasteiger partial charge in [0, 0.05) is 35.9 Å². The van der Waals surface area contributed by atoms with Gasteiger partial charge >= 0.3 is 0 Å². The molecule has 2 aliphatic rings. The fourth-order valence-corrected chi connectivity index (χ4v) is 2.95. The highest BCUT2D eigenvalue weighted by Crippen LogP contribution is 2.21. The van der Waals surface area contributed by atoms with Gasteiger partial charge in [-0.2, -0.15) is 10.2 Å². The van der Waals surface area contributed by atoms with Gasteiger partial charge in [0.05, 0.1) is 23.5 Å². The zero-order valence-corrected chi connectivity index (χ0v) is 14.2. The van der Waals surface area contributed by atoms with Gasteiger partial charge in [0.25, 0.3) is 0 Å². The van der Waals surface area contributed by atoms with Crippen LogP contribution in [0, 0.1) is 11.3 Å². The van der Waals surface area contributed by atoms with Crippen molar-refractivity contribution in [2.24, 2.45) is 0 Å². The van der Waals surface area contributed by atoms with Crippen LogP contribution < -0.4 is 10.8 Å². The average molecular weight is 349 g/mol. The first-order valence-corrected chi connectivity index (χ1v) is 8.49. The highest BCUT2D eigenvalue weighted by atomic mass is 16.8. The van der Waals surface area contributed by atoms with E-state index in [1.807, 2.05) is 36.5 Å². The summed E-state index contributed by atoms with van der Waals surface area (Å²) in [4.78, 5) is 8.37. The first kappa shape index (κ1) is 16.3. The Kier molecular flexibility index (Phi) is 4.60. The number of hydroxylamine groups is 3. The van der Waals surface area contributed by atoms with E-state index in [1.165, 1.54) is 5.56 Å². The summed E-state index contributed by atoms with van der Waals surface area (Å²) in [7, 11) is 0. The van der Waals surface area contributed by atoms with Gasteiger partial charge in [-0.25, -0.2) is 10.5 Å². The number of fused-ring (bicyclic) bond motifs is 2. The van der Waals surface area contributed by atoms with Gasteiger partial charge in [0.1, 0.15) is 12.4 Å². The quantitative estimate of drug-likeness (QED) is 0.665. The molecule has 4 rings (SSSR count). The molecule has 0 spiro atoms. The summed E-state index contributed by atoms with van der Waals surface area (Å²) >= 11 is 0. The van der Waals surface area contributed by atoms with Crippen LogP contribution in [0.2, 0.25) is 0 Å². The van der Waals surface area contributed by atoms with E-state index in [-0.39, 0.29) is 0 Å². The maximum absolute atomic E-state index is 9.04. The number of hydrogen-bond donors (Lipinski definition) is 3. The first-order valence-electron chi connectivity index (χ1n) is 8.49. The van der Waals surface area contributed by atoms with Crippen LogP contribution in [-0.2, 0) is 16.1 Å². The fourth-order valence-electron chi connectivity index (χ4n) is 2.95. The number of allylic oxidation sites excluding steroid dienone is 2. The van der Waals surface area contributed by atoms with Gasteiger partial charge in [-0.05, 0) is 42.8 Å². The molecule has 0 unspecified atom stereocenters. The number of aromatic nitrogens is 1. The smallest absolute Gasteiger partial charge is 0.123 e. The van der Waals surface area contributed by atoms with Crippen molar-refractivity contribution < 1.29 is 9.68 Å². The van der Waals surface area contributed by atoms with Gasteiger partial charge in [0.2, 0.25) is 0 Å².